The molecule has 0 amide bonds. The van der Waals surface area contributed by atoms with E-state index in [-0.39, 0.29) is 30.9 Å². The van der Waals surface area contributed by atoms with Crippen molar-refractivity contribution < 1.29 is 29.6 Å². The van der Waals surface area contributed by atoms with Crippen LogP contribution >= 0.6 is 0 Å². The van der Waals surface area contributed by atoms with Crippen LogP contribution in [-0.4, -0.2) is 47.1 Å². The molecule has 0 unspecified atom stereocenters. The molecule has 0 fully saturated rings. The van der Waals surface area contributed by atoms with Gasteiger partial charge in [-0.15, -0.1) is 0 Å². The topological polar surface area (TPSA) is 104 Å². The Kier molecular flexibility index (Phi) is 5.66. The first-order chi connectivity index (χ1) is 9.49. The Hall–Kier alpha value is -1.92. The molecule has 3 N–H and O–H groups in total. The van der Waals surface area contributed by atoms with Crippen LogP contribution in [-0.2, 0) is 4.74 Å². The molecular weight excluding hydrogens is 264 g/mol. The minimum Gasteiger partial charge on any atom is -0.478 e. The van der Waals surface area contributed by atoms with E-state index in [0.29, 0.717) is 6.42 Å². The Morgan fingerprint density at radius 1 is 1.15 bits per heavy atom. The standard InChI is InChI=1S/C14H18O6/c1-2-14(7-15,8-16)9-20-13(19)11-6-4-3-5-10(11)12(17)18/h3-6,15-16H,2,7-9H2,1H3,(H,17,18). The number of aromatic carboxylic acids is 1. The van der Waals surface area contributed by atoms with Crippen molar-refractivity contribution in [1.29, 1.82) is 0 Å². The predicted octanol–water partition coefficient (Wildman–Crippen LogP) is 0.923. The van der Waals surface area contributed by atoms with E-state index in [1.807, 2.05) is 0 Å². The van der Waals surface area contributed by atoms with Gasteiger partial charge in [0, 0.05) is 0 Å². The second-order valence-electron chi connectivity index (χ2n) is 4.60. The van der Waals surface area contributed by atoms with Crippen molar-refractivity contribution in [3.63, 3.8) is 0 Å². The minimum atomic E-state index is -1.22. The van der Waals surface area contributed by atoms with Gasteiger partial charge in [-0.05, 0) is 18.6 Å². The number of carboxylic acid groups (broad SMARTS) is 1. The van der Waals surface area contributed by atoms with Crippen LogP contribution in [0.25, 0.3) is 0 Å². The van der Waals surface area contributed by atoms with Gasteiger partial charge >= 0.3 is 11.9 Å². The third kappa shape index (κ3) is 3.55. The van der Waals surface area contributed by atoms with Gasteiger partial charge < -0.3 is 20.1 Å². The van der Waals surface area contributed by atoms with Crippen molar-refractivity contribution >= 4 is 11.9 Å². The van der Waals surface area contributed by atoms with E-state index in [4.69, 9.17) is 9.84 Å². The first-order valence-electron chi connectivity index (χ1n) is 6.21. The van der Waals surface area contributed by atoms with Crippen LogP contribution in [0, 0.1) is 5.41 Å². The van der Waals surface area contributed by atoms with E-state index in [1.54, 1.807) is 6.92 Å². The number of esters is 1. The molecular formula is C14H18O6. The lowest BCUT2D eigenvalue weighted by atomic mass is 9.88. The highest BCUT2D eigenvalue weighted by molar-refractivity contribution is 6.02. The van der Waals surface area contributed by atoms with Gasteiger partial charge in [0.1, 0.15) is 6.61 Å². The first-order valence-corrected chi connectivity index (χ1v) is 6.21. The number of carboxylic acids is 1. The minimum absolute atomic E-state index is 0.0547. The van der Waals surface area contributed by atoms with Crippen LogP contribution in [0.3, 0.4) is 0 Å². The first kappa shape index (κ1) is 16.1. The number of ether oxygens (including phenoxy) is 1. The van der Waals surface area contributed by atoms with E-state index in [0.717, 1.165) is 0 Å². The van der Waals surface area contributed by atoms with Gasteiger partial charge in [0.05, 0.1) is 29.8 Å². The lowest BCUT2D eigenvalue weighted by Gasteiger charge is -2.27. The summed E-state index contributed by atoms with van der Waals surface area (Å²) in [5.74, 6) is -2.01. The van der Waals surface area contributed by atoms with E-state index < -0.39 is 17.4 Å². The van der Waals surface area contributed by atoms with Crippen molar-refractivity contribution in [2.75, 3.05) is 19.8 Å². The van der Waals surface area contributed by atoms with Gasteiger partial charge in [0.25, 0.3) is 0 Å². The second-order valence-corrected chi connectivity index (χ2v) is 4.60. The Balaban J connectivity index is 2.85. The number of hydrogen-bond acceptors (Lipinski definition) is 5. The summed E-state index contributed by atoms with van der Waals surface area (Å²) in [7, 11) is 0. The van der Waals surface area contributed by atoms with Crippen LogP contribution in [0.1, 0.15) is 34.1 Å². The highest BCUT2D eigenvalue weighted by atomic mass is 16.5. The zero-order chi connectivity index (χ0) is 15.2. The van der Waals surface area contributed by atoms with Crippen LogP contribution < -0.4 is 0 Å². The van der Waals surface area contributed by atoms with Crippen LogP contribution in [0.2, 0.25) is 0 Å². The number of carbonyl (C=O) groups is 2. The monoisotopic (exact) mass is 282 g/mol. The van der Waals surface area contributed by atoms with Crippen molar-refractivity contribution in [3.05, 3.63) is 35.4 Å². The van der Waals surface area contributed by atoms with E-state index >= 15 is 0 Å². The molecule has 6 heteroatoms. The summed E-state index contributed by atoms with van der Waals surface area (Å²) >= 11 is 0. The Bertz CT molecular complexity index is 470. The fourth-order valence-electron chi connectivity index (χ4n) is 1.61. The average molecular weight is 282 g/mol. The van der Waals surface area contributed by atoms with Gasteiger partial charge in [-0.25, -0.2) is 9.59 Å². The number of benzene rings is 1. The normalized spacial score (nSPS) is 11.2. The summed E-state index contributed by atoms with van der Waals surface area (Å²) in [6, 6.07) is 5.72. The van der Waals surface area contributed by atoms with Crippen molar-refractivity contribution in [1.82, 2.24) is 0 Å². The molecule has 1 aromatic carbocycles. The molecule has 20 heavy (non-hydrogen) atoms. The fourth-order valence-corrected chi connectivity index (χ4v) is 1.61. The van der Waals surface area contributed by atoms with Crippen LogP contribution in [0.4, 0.5) is 0 Å². The number of aliphatic hydroxyl groups is 2. The largest absolute Gasteiger partial charge is 0.478 e. The summed E-state index contributed by atoms with van der Waals surface area (Å²) in [6.45, 7) is 0.927. The van der Waals surface area contributed by atoms with E-state index in [2.05, 4.69) is 0 Å². The summed E-state index contributed by atoms with van der Waals surface area (Å²) < 4.78 is 5.03. The average Bonchev–Trinajstić information content (AvgIpc) is 2.49. The highest BCUT2D eigenvalue weighted by Gasteiger charge is 2.29. The molecule has 1 aromatic rings. The molecule has 0 heterocycles. The molecule has 0 aliphatic rings. The van der Waals surface area contributed by atoms with Gasteiger partial charge in [-0.1, -0.05) is 19.1 Å². The molecule has 1 rings (SSSR count). The van der Waals surface area contributed by atoms with Crippen LogP contribution in [0.5, 0.6) is 0 Å². The lowest BCUT2D eigenvalue weighted by Crippen LogP contribution is -2.35. The van der Waals surface area contributed by atoms with E-state index in [9.17, 15) is 19.8 Å². The number of rotatable bonds is 7. The second kappa shape index (κ2) is 7.02. The maximum Gasteiger partial charge on any atom is 0.339 e. The molecule has 0 saturated heterocycles. The molecule has 0 aliphatic carbocycles. The molecule has 0 aliphatic heterocycles. The molecule has 0 atom stereocenters. The summed E-state index contributed by atoms with van der Waals surface area (Å²) in [5.41, 5.74) is -1.11. The van der Waals surface area contributed by atoms with Gasteiger partial charge in [-0.3, -0.25) is 0 Å². The van der Waals surface area contributed by atoms with Gasteiger partial charge in [0.2, 0.25) is 0 Å². The summed E-state index contributed by atoms with van der Waals surface area (Å²) in [6.07, 6.45) is 0.424. The van der Waals surface area contributed by atoms with Crippen LogP contribution in [0.15, 0.2) is 24.3 Å². The zero-order valence-electron chi connectivity index (χ0n) is 11.2. The highest BCUT2D eigenvalue weighted by Crippen LogP contribution is 2.22. The molecule has 0 spiro atoms. The molecule has 6 nitrogen and oxygen atoms in total. The van der Waals surface area contributed by atoms with Crippen molar-refractivity contribution in [2.24, 2.45) is 5.41 Å². The fraction of sp³-hybridized carbons (Fsp3) is 0.429. The number of hydrogen-bond donors (Lipinski definition) is 3. The number of aliphatic hydroxyl groups excluding tert-OH is 2. The number of carbonyl (C=O) groups excluding carboxylic acids is 1. The molecule has 0 saturated carbocycles. The van der Waals surface area contributed by atoms with E-state index in [1.165, 1.54) is 24.3 Å². The Morgan fingerprint density at radius 3 is 2.15 bits per heavy atom. The Labute approximate surface area is 116 Å². The van der Waals surface area contributed by atoms with Crippen molar-refractivity contribution in [2.45, 2.75) is 13.3 Å². The molecule has 0 aromatic heterocycles. The maximum atomic E-state index is 11.9. The Morgan fingerprint density at radius 2 is 1.70 bits per heavy atom. The molecule has 0 radical (unpaired) electrons. The smallest absolute Gasteiger partial charge is 0.339 e. The quantitative estimate of drug-likeness (QED) is 0.642. The summed E-state index contributed by atoms with van der Waals surface area (Å²) in [5, 5.41) is 27.5. The lowest BCUT2D eigenvalue weighted by molar-refractivity contribution is -0.0178. The van der Waals surface area contributed by atoms with Gasteiger partial charge in [-0.2, -0.15) is 0 Å². The molecule has 110 valence electrons. The third-order valence-electron chi connectivity index (χ3n) is 3.31. The zero-order valence-corrected chi connectivity index (χ0v) is 11.2. The SMILES string of the molecule is CCC(CO)(CO)COC(=O)c1ccccc1C(=O)O. The van der Waals surface area contributed by atoms with Gasteiger partial charge in [0.15, 0.2) is 0 Å². The maximum absolute atomic E-state index is 11.9. The molecule has 0 bridgehead atoms. The third-order valence-corrected chi connectivity index (χ3v) is 3.31. The summed E-state index contributed by atoms with van der Waals surface area (Å²) in [4.78, 5) is 22.9. The predicted molar refractivity (Wildman–Crippen MR) is 70.6 cm³/mol. The van der Waals surface area contributed by atoms with Crippen molar-refractivity contribution in [3.8, 4) is 0 Å².